The highest BCUT2D eigenvalue weighted by atomic mass is 16.5. The first-order valence-electron chi connectivity index (χ1n) is 9.94. The highest BCUT2D eigenvalue weighted by Crippen LogP contribution is 2.44. The second-order valence-corrected chi connectivity index (χ2v) is 8.50. The SMILES string of the molecule is CC(C)=CCc1cc([C@H]2CC(=O)c3ccc4c(c3O2)C=CC(C)(C)O4)ccc1O. The van der Waals surface area contributed by atoms with Crippen molar-refractivity contribution in [1.82, 2.24) is 0 Å². The van der Waals surface area contributed by atoms with Crippen LogP contribution in [0.5, 0.6) is 17.2 Å². The summed E-state index contributed by atoms with van der Waals surface area (Å²) in [6.07, 6.45) is 6.54. The number of ether oxygens (including phenoxy) is 2. The molecule has 2 heterocycles. The number of Topliss-reactive ketones (excluding diaryl/α,β-unsaturated/α-hetero) is 1. The molecular formula is C25H26O4. The molecule has 0 aliphatic carbocycles. The Morgan fingerprint density at radius 1 is 1.24 bits per heavy atom. The molecule has 0 aromatic heterocycles. The maximum Gasteiger partial charge on any atom is 0.170 e. The normalized spacial score (nSPS) is 18.9. The Labute approximate surface area is 171 Å². The summed E-state index contributed by atoms with van der Waals surface area (Å²) < 4.78 is 12.4. The average molecular weight is 390 g/mol. The molecule has 1 atom stereocenters. The highest BCUT2D eigenvalue weighted by Gasteiger charge is 2.33. The molecule has 4 rings (SSSR count). The fourth-order valence-corrected chi connectivity index (χ4v) is 3.71. The number of hydrogen-bond donors (Lipinski definition) is 1. The first-order chi connectivity index (χ1) is 13.7. The molecule has 4 nitrogen and oxygen atoms in total. The molecule has 0 fully saturated rings. The quantitative estimate of drug-likeness (QED) is 0.674. The van der Waals surface area contributed by atoms with Gasteiger partial charge in [-0.05, 0) is 81.7 Å². The standard InChI is InChI=1S/C25H26O4/c1-15(2)5-6-16-13-17(7-9-20(16)26)23-14-21(27)18-8-10-22-19(24(18)28-23)11-12-25(3,4)29-22/h5,7-13,23,26H,6,14H2,1-4H3/t23-/m1/s1. The van der Waals surface area contributed by atoms with Crippen molar-refractivity contribution in [2.24, 2.45) is 0 Å². The van der Waals surface area contributed by atoms with Gasteiger partial charge in [-0.15, -0.1) is 0 Å². The minimum atomic E-state index is -0.393. The second kappa shape index (κ2) is 7.11. The summed E-state index contributed by atoms with van der Waals surface area (Å²) in [5, 5.41) is 10.2. The van der Waals surface area contributed by atoms with E-state index in [9.17, 15) is 9.90 Å². The van der Waals surface area contributed by atoms with Gasteiger partial charge in [0.2, 0.25) is 0 Å². The number of rotatable bonds is 3. The van der Waals surface area contributed by atoms with Crippen molar-refractivity contribution in [3.05, 3.63) is 70.3 Å². The van der Waals surface area contributed by atoms with Gasteiger partial charge in [0.1, 0.15) is 29.0 Å². The summed E-state index contributed by atoms with van der Waals surface area (Å²) in [4.78, 5) is 12.8. The third-order valence-corrected chi connectivity index (χ3v) is 5.32. The lowest BCUT2D eigenvalue weighted by atomic mass is 9.91. The lowest BCUT2D eigenvalue weighted by Gasteiger charge is -2.32. The van der Waals surface area contributed by atoms with E-state index in [-0.39, 0.29) is 18.0 Å². The number of fused-ring (bicyclic) bond motifs is 3. The fourth-order valence-electron chi connectivity index (χ4n) is 3.71. The average Bonchev–Trinajstić information content (AvgIpc) is 2.66. The van der Waals surface area contributed by atoms with E-state index in [1.807, 2.05) is 58.0 Å². The highest BCUT2D eigenvalue weighted by molar-refractivity contribution is 6.01. The summed E-state index contributed by atoms with van der Waals surface area (Å²) >= 11 is 0. The van der Waals surface area contributed by atoms with Crippen molar-refractivity contribution >= 4 is 11.9 Å². The van der Waals surface area contributed by atoms with Gasteiger partial charge >= 0.3 is 0 Å². The summed E-state index contributed by atoms with van der Waals surface area (Å²) in [5.74, 6) is 1.61. The van der Waals surface area contributed by atoms with Crippen LogP contribution in [0.15, 0.2) is 48.1 Å². The van der Waals surface area contributed by atoms with Gasteiger partial charge in [0.05, 0.1) is 17.5 Å². The van der Waals surface area contributed by atoms with E-state index < -0.39 is 11.7 Å². The van der Waals surface area contributed by atoms with Crippen LogP contribution in [0.3, 0.4) is 0 Å². The topological polar surface area (TPSA) is 55.8 Å². The van der Waals surface area contributed by atoms with E-state index in [1.54, 1.807) is 12.1 Å². The zero-order valence-electron chi connectivity index (χ0n) is 17.3. The van der Waals surface area contributed by atoms with Crippen LogP contribution >= 0.6 is 0 Å². The van der Waals surface area contributed by atoms with E-state index in [1.165, 1.54) is 5.57 Å². The Bertz CT molecular complexity index is 1040. The molecule has 4 heteroatoms. The third kappa shape index (κ3) is 3.80. The molecule has 0 saturated carbocycles. The van der Waals surface area contributed by atoms with Crippen LogP contribution in [0.1, 0.15) is 67.3 Å². The van der Waals surface area contributed by atoms with Gasteiger partial charge in [0, 0.05) is 0 Å². The predicted octanol–water partition coefficient (Wildman–Crippen LogP) is 5.79. The maximum atomic E-state index is 12.8. The smallest absolute Gasteiger partial charge is 0.170 e. The van der Waals surface area contributed by atoms with Gasteiger partial charge in [-0.2, -0.15) is 0 Å². The van der Waals surface area contributed by atoms with Crippen molar-refractivity contribution < 1.29 is 19.4 Å². The Morgan fingerprint density at radius 2 is 2.03 bits per heavy atom. The number of phenols is 1. The van der Waals surface area contributed by atoms with E-state index in [0.717, 1.165) is 22.4 Å². The Hall–Kier alpha value is -3.01. The van der Waals surface area contributed by atoms with Crippen molar-refractivity contribution in [3.8, 4) is 17.2 Å². The van der Waals surface area contributed by atoms with Gasteiger partial charge in [0.15, 0.2) is 5.78 Å². The van der Waals surface area contributed by atoms with Gasteiger partial charge in [0.25, 0.3) is 0 Å². The molecule has 0 bridgehead atoms. The Balaban J connectivity index is 1.70. The van der Waals surface area contributed by atoms with Crippen LogP contribution < -0.4 is 9.47 Å². The molecular weight excluding hydrogens is 364 g/mol. The molecule has 1 N–H and O–H groups in total. The monoisotopic (exact) mass is 390 g/mol. The Morgan fingerprint density at radius 3 is 2.79 bits per heavy atom. The number of aromatic hydroxyl groups is 1. The minimum Gasteiger partial charge on any atom is -0.508 e. The summed E-state index contributed by atoms with van der Waals surface area (Å²) in [7, 11) is 0. The molecule has 2 aliphatic heterocycles. The predicted molar refractivity (Wildman–Crippen MR) is 114 cm³/mol. The van der Waals surface area contributed by atoms with Crippen molar-refractivity contribution in [2.45, 2.75) is 52.2 Å². The van der Waals surface area contributed by atoms with Crippen LogP contribution in [0.25, 0.3) is 6.08 Å². The molecule has 0 radical (unpaired) electrons. The number of carbonyl (C=O) groups excluding carboxylic acids is 1. The van der Waals surface area contributed by atoms with E-state index in [0.29, 0.717) is 17.7 Å². The third-order valence-electron chi connectivity index (χ3n) is 5.32. The fraction of sp³-hybridized carbons (Fsp3) is 0.320. The van der Waals surface area contributed by atoms with Crippen LogP contribution in [-0.4, -0.2) is 16.5 Å². The van der Waals surface area contributed by atoms with Gasteiger partial charge in [-0.25, -0.2) is 0 Å². The molecule has 0 unspecified atom stereocenters. The second-order valence-electron chi connectivity index (χ2n) is 8.50. The molecule has 0 amide bonds. The number of benzene rings is 2. The molecule has 2 aliphatic rings. The zero-order chi connectivity index (χ0) is 20.8. The first kappa shape index (κ1) is 19.3. The van der Waals surface area contributed by atoms with Crippen molar-refractivity contribution in [3.63, 3.8) is 0 Å². The summed E-state index contributed by atoms with van der Waals surface area (Å²) in [5.41, 5.74) is 3.91. The van der Waals surface area contributed by atoms with E-state index in [4.69, 9.17) is 9.47 Å². The van der Waals surface area contributed by atoms with E-state index >= 15 is 0 Å². The molecule has 0 spiro atoms. The van der Waals surface area contributed by atoms with Crippen LogP contribution in [0.2, 0.25) is 0 Å². The number of hydrogen-bond acceptors (Lipinski definition) is 4. The number of phenolic OH excluding ortho intramolecular Hbond substituents is 1. The zero-order valence-corrected chi connectivity index (χ0v) is 17.3. The van der Waals surface area contributed by atoms with Gasteiger partial charge in [-0.3, -0.25) is 4.79 Å². The molecule has 2 aromatic carbocycles. The van der Waals surface area contributed by atoms with Gasteiger partial charge < -0.3 is 14.6 Å². The van der Waals surface area contributed by atoms with Crippen LogP contribution in [-0.2, 0) is 6.42 Å². The molecule has 150 valence electrons. The summed E-state index contributed by atoms with van der Waals surface area (Å²) in [6, 6.07) is 9.08. The van der Waals surface area contributed by atoms with Gasteiger partial charge in [-0.1, -0.05) is 17.7 Å². The lowest BCUT2D eigenvalue weighted by Crippen LogP contribution is -2.28. The minimum absolute atomic E-state index is 0.0520. The van der Waals surface area contributed by atoms with Crippen LogP contribution in [0, 0.1) is 0 Å². The molecule has 0 saturated heterocycles. The Kier molecular flexibility index (Phi) is 4.73. The lowest BCUT2D eigenvalue weighted by molar-refractivity contribution is 0.0846. The maximum absolute atomic E-state index is 12.8. The number of allylic oxidation sites excluding steroid dienone is 2. The summed E-state index contributed by atoms with van der Waals surface area (Å²) in [6.45, 7) is 8.04. The van der Waals surface area contributed by atoms with Crippen molar-refractivity contribution in [2.75, 3.05) is 0 Å². The van der Waals surface area contributed by atoms with E-state index in [2.05, 4.69) is 6.08 Å². The first-order valence-corrected chi connectivity index (χ1v) is 9.94. The largest absolute Gasteiger partial charge is 0.508 e. The molecule has 29 heavy (non-hydrogen) atoms. The van der Waals surface area contributed by atoms with Crippen LogP contribution in [0.4, 0.5) is 0 Å². The number of carbonyl (C=O) groups is 1. The number of ketones is 1. The molecule has 2 aromatic rings. The van der Waals surface area contributed by atoms with Crippen molar-refractivity contribution in [1.29, 1.82) is 0 Å².